The van der Waals surface area contributed by atoms with Gasteiger partial charge in [0.05, 0.1) is 12.5 Å². The number of aryl methyl sites for hydroxylation is 2. The lowest BCUT2D eigenvalue weighted by Gasteiger charge is -2.27. The largest absolute Gasteiger partial charge is 0.481 e. The number of nitrogens with one attached hydrogen (secondary N) is 1. The van der Waals surface area contributed by atoms with Crippen molar-refractivity contribution in [1.29, 1.82) is 0 Å². The first-order valence-electron chi connectivity index (χ1n) is 11.0. The maximum Gasteiger partial charge on any atom is 0.305 e. The van der Waals surface area contributed by atoms with Gasteiger partial charge in [0.2, 0.25) is 5.91 Å². The van der Waals surface area contributed by atoms with Crippen LogP contribution in [0.25, 0.3) is 0 Å². The lowest BCUT2D eigenvalue weighted by atomic mass is 9.98. The summed E-state index contributed by atoms with van der Waals surface area (Å²) in [6.45, 7) is 1.46. The molecule has 0 radical (unpaired) electrons. The Balaban J connectivity index is 1.37. The molecule has 6 nitrogen and oxygen atoms in total. The first-order chi connectivity index (χ1) is 15.0. The van der Waals surface area contributed by atoms with Crippen LogP contribution in [-0.4, -0.2) is 40.0 Å². The summed E-state index contributed by atoms with van der Waals surface area (Å²) >= 11 is 0. The summed E-state index contributed by atoms with van der Waals surface area (Å²) < 4.78 is 13.7. The number of carbonyl (C=O) groups excluding carboxylic acids is 1. The van der Waals surface area contributed by atoms with E-state index in [2.05, 4.69) is 17.4 Å². The standard InChI is InChI=1S/C24H28FN3O3/c25-19-7-1-5-18(14-19)21(15-22(29)30)28-13-11-17(24(28)31)4-2-8-20-10-9-16-6-3-12-26-23(16)27-20/h1,5,7,9-10,14,17,21H,2-4,6,8,11-13,15H2,(H,26,27)(H,29,30)/t17?,21-/m0/s1. The number of anilines is 1. The topological polar surface area (TPSA) is 82.5 Å². The van der Waals surface area contributed by atoms with Gasteiger partial charge in [-0.05, 0) is 67.9 Å². The zero-order chi connectivity index (χ0) is 21.8. The molecule has 2 aromatic rings. The van der Waals surface area contributed by atoms with Crippen LogP contribution in [0.15, 0.2) is 36.4 Å². The number of rotatable bonds is 8. The van der Waals surface area contributed by atoms with Gasteiger partial charge in [0.25, 0.3) is 0 Å². The van der Waals surface area contributed by atoms with E-state index in [1.165, 1.54) is 17.7 Å². The van der Waals surface area contributed by atoms with Gasteiger partial charge in [-0.1, -0.05) is 18.2 Å². The van der Waals surface area contributed by atoms with Crippen LogP contribution in [-0.2, 0) is 22.4 Å². The number of likely N-dealkylation sites (tertiary alicyclic amines) is 1. The van der Waals surface area contributed by atoms with E-state index in [4.69, 9.17) is 4.98 Å². The van der Waals surface area contributed by atoms with Crippen molar-refractivity contribution in [2.45, 2.75) is 51.0 Å². The summed E-state index contributed by atoms with van der Waals surface area (Å²) in [7, 11) is 0. The lowest BCUT2D eigenvalue weighted by molar-refractivity contribution is -0.140. The van der Waals surface area contributed by atoms with Gasteiger partial charge in [0.15, 0.2) is 0 Å². The molecule has 0 saturated carbocycles. The highest BCUT2D eigenvalue weighted by molar-refractivity contribution is 5.82. The van der Waals surface area contributed by atoms with Crippen LogP contribution in [0.2, 0.25) is 0 Å². The summed E-state index contributed by atoms with van der Waals surface area (Å²) in [5.41, 5.74) is 2.82. The smallest absolute Gasteiger partial charge is 0.305 e. The molecule has 2 N–H and O–H groups in total. The first kappa shape index (κ1) is 21.3. The number of hydrogen-bond donors (Lipinski definition) is 2. The maximum absolute atomic E-state index is 13.7. The summed E-state index contributed by atoms with van der Waals surface area (Å²) in [6, 6.07) is 9.46. The van der Waals surface area contributed by atoms with Crippen molar-refractivity contribution in [3.63, 3.8) is 0 Å². The van der Waals surface area contributed by atoms with Crippen molar-refractivity contribution in [3.05, 3.63) is 59.0 Å². The zero-order valence-corrected chi connectivity index (χ0v) is 17.5. The molecule has 4 rings (SSSR count). The fraction of sp³-hybridized carbons (Fsp3) is 0.458. The molecule has 1 saturated heterocycles. The van der Waals surface area contributed by atoms with E-state index in [0.29, 0.717) is 18.5 Å². The fourth-order valence-electron chi connectivity index (χ4n) is 4.67. The van der Waals surface area contributed by atoms with E-state index in [1.54, 1.807) is 17.0 Å². The van der Waals surface area contributed by atoms with Crippen molar-refractivity contribution >= 4 is 17.7 Å². The van der Waals surface area contributed by atoms with E-state index in [1.807, 2.05) is 0 Å². The number of nitrogens with zero attached hydrogens (tertiary/aromatic N) is 2. The van der Waals surface area contributed by atoms with Crippen molar-refractivity contribution in [2.75, 3.05) is 18.4 Å². The highest BCUT2D eigenvalue weighted by atomic mass is 19.1. The molecule has 2 aliphatic rings. The minimum atomic E-state index is -1.00. The Bertz CT molecular complexity index is 965. The molecule has 0 bridgehead atoms. The number of carboxylic acid groups (broad SMARTS) is 1. The van der Waals surface area contributed by atoms with Gasteiger partial charge in [-0.3, -0.25) is 9.59 Å². The molecule has 2 atom stereocenters. The Morgan fingerprint density at radius 2 is 2.19 bits per heavy atom. The summed E-state index contributed by atoms with van der Waals surface area (Å²) in [4.78, 5) is 30.8. The van der Waals surface area contributed by atoms with Gasteiger partial charge in [-0.2, -0.15) is 0 Å². The molecule has 2 aliphatic heterocycles. The molecule has 0 aliphatic carbocycles. The Hall–Kier alpha value is -2.96. The quantitative estimate of drug-likeness (QED) is 0.669. The number of aliphatic carboxylic acids is 1. The van der Waals surface area contributed by atoms with Crippen molar-refractivity contribution in [1.82, 2.24) is 9.88 Å². The van der Waals surface area contributed by atoms with E-state index >= 15 is 0 Å². The third-order valence-corrected chi connectivity index (χ3v) is 6.27. The number of amides is 1. The van der Waals surface area contributed by atoms with Gasteiger partial charge in [0.1, 0.15) is 11.6 Å². The number of aromatic nitrogens is 1. The highest BCUT2D eigenvalue weighted by Crippen LogP contribution is 2.33. The zero-order valence-electron chi connectivity index (χ0n) is 17.5. The lowest BCUT2D eigenvalue weighted by Crippen LogP contribution is -2.33. The van der Waals surface area contributed by atoms with Gasteiger partial charge in [-0.15, -0.1) is 0 Å². The van der Waals surface area contributed by atoms with Gasteiger partial charge in [-0.25, -0.2) is 9.37 Å². The van der Waals surface area contributed by atoms with Crippen LogP contribution >= 0.6 is 0 Å². The maximum atomic E-state index is 13.7. The molecule has 1 fully saturated rings. The third-order valence-electron chi connectivity index (χ3n) is 6.27. The summed E-state index contributed by atoms with van der Waals surface area (Å²) in [6.07, 6.45) is 5.06. The second-order valence-corrected chi connectivity index (χ2v) is 8.42. The van der Waals surface area contributed by atoms with Crippen molar-refractivity contribution in [3.8, 4) is 0 Å². The van der Waals surface area contributed by atoms with E-state index in [-0.39, 0.29) is 18.2 Å². The molecule has 0 spiro atoms. The number of carboxylic acids is 1. The van der Waals surface area contributed by atoms with E-state index in [9.17, 15) is 19.1 Å². The molecule has 7 heteroatoms. The number of fused-ring (bicyclic) bond motifs is 1. The average Bonchev–Trinajstić information content (AvgIpc) is 3.12. The monoisotopic (exact) mass is 425 g/mol. The SMILES string of the molecule is O=C(O)C[C@@H](c1cccc(F)c1)N1CCC(CCCc2ccc3c(n2)NCCC3)C1=O. The van der Waals surface area contributed by atoms with Gasteiger partial charge in [0, 0.05) is 24.7 Å². The van der Waals surface area contributed by atoms with Crippen molar-refractivity contribution in [2.24, 2.45) is 5.92 Å². The first-order valence-corrected chi connectivity index (χ1v) is 11.0. The van der Waals surface area contributed by atoms with Crippen LogP contribution in [0, 0.1) is 11.7 Å². The van der Waals surface area contributed by atoms with Crippen LogP contribution < -0.4 is 5.32 Å². The second kappa shape index (κ2) is 9.45. The van der Waals surface area contributed by atoms with E-state index < -0.39 is 17.8 Å². The van der Waals surface area contributed by atoms with E-state index in [0.717, 1.165) is 50.2 Å². The molecule has 1 unspecified atom stereocenters. The second-order valence-electron chi connectivity index (χ2n) is 8.42. The molecule has 1 aromatic carbocycles. The third kappa shape index (κ3) is 5.03. The molecule has 31 heavy (non-hydrogen) atoms. The number of carbonyl (C=O) groups is 2. The average molecular weight is 426 g/mol. The minimum absolute atomic E-state index is 0.0319. The predicted octanol–water partition coefficient (Wildman–Crippen LogP) is 3.97. The van der Waals surface area contributed by atoms with Gasteiger partial charge < -0.3 is 15.3 Å². The fourth-order valence-corrected chi connectivity index (χ4v) is 4.67. The normalized spacial score (nSPS) is 19.1. The molecule has 164 valence electrons. The molecule has 3 heterocycles. The summed E-state index contributed by atoms with van der Waals surface area (Å²) in [5, 5.41) is 12.7. The Morgan fingerprint density at radius 1 is 1.32 bits per heavy atom. The molecular formula is C24H28FN3O3. The van der Waals surface area contributed by atoms with Gasteiger partial charge >= 0.3 is 5.97 Å². The predicted molar refractivity (Wildman–Crippen MR) is 115 cm³/mol. The molecular weight excluding hydrogens is 397 g/mol. The van der Waals surface area contributed by atoms with Crippen LogP contribution in [0.3, 0.4) is 0 Å². The Kier molecular flexibility index (Phi) is 6.49. The van der Waals surface area contributed by atoms with Crippen LogP contribution in [0.4, 0.5) is 10.2 Å². The van der Waals surface area contributed by atoms with Crippen LogP contribution in [0.1, 0.15) is 55.0 Å². The van der Waals surface area contributed by atoms with Crippen LogP contribution in [0.5, 0.6) is 0 Å². The Morgan fingerprint density at radius 3 is 3.00 bits per heavy atom. The number of benzene rings is 1. The highest BCUT2D eigenvalue weighted by Gasteiger charge is 2.37. The molecule has 1 aromatic heterocycles. The molecule has 1 amide bonds. The number of hydrogen-bond acceptors (Lipinski definition) is 4. The number of pyridine rings is 1. The van der Waals surface area contributed by atoms with Crippen molar-refractivity contribution < 1.29 is 19.1 Å². The summed E-state index contributed by atoms with van der Waals surface area (Å²) in [5.74, 6) is -0.601. The number of halogens is 1. The Labute approximate surface area is 181 Å². The minimum Gasteiger partial charge on any atom is -0.481 e.